The Kier molecular flexibility index (Phi) is 4.80. The summed E-state index contributed by atoms with van der Waals surface area (Å²) in [6.07, 6.45) is 7.73. The highest BCUT2D eigenvalue weighted by Crippen LogP contribution is 2.32. The Labute approximate surface area is 153 Å². The number of fused-ring (bicyclic) bond motifs is 1. The Hall–Kier alpha value is -1.81. The summed E-state index contributed by atoms with van der Waals surface area (Å²) in [4.78, 5) is 14.7. The van der Waals surface area contributed by atoms with Gasteiger partial charge in [-0.25, -0.2) is 0 Å². The lowest BCUT2D eigenvalue weighted by atomic mass is 9.86. The van der Waals surface area contributed by atoms with E-state index in [0.29, 0.717) is 23.9 Å². The van der Waals surface area contributed by atoms with Crippen molar-refractivity contribution in [2.45, 2.75) is 51.5 Å². The summed E-state index contributed by atoms with van der Waals surface area (Å²) in [5, 5.41) is 4.91. The van der Waals surface area contributed by atoms with Crippen LogP contribution in [0.4, 0.5) is 0 Å². The number of benzene rings is 1. The van der Waals surface area contributed by atoms with Crippen LogP contribution in [0.2, 0.25) is 5.02 Å². The SMILES string of the molecule is O=C(CC1CCCCC1)N1CCc2noc(-c3ccc(Cl)cc3)c2C1. The van der Waals surface area contributed by atoms with Crippen molar-refractivity contribution in [1.82, 2.24) is 10.1 Å². The smallest absolute Gasteiger partial charge is 0.223 e. The van der Waals surface area contributed by atoms with Crippen molar-refractivity contribution in [3.05, 3.63) is 40.5 Å². The summed E-state index contributed by atoms with van der Waals surface area (Å²) >= 11 is 5.97. The van der Waals surface area contributed by atoms with E-state index in [1.54, 1.807) is 0 Å². The Morgan fingerprint density at radius 2 is 1.96 bits per heavy atom. The molecular weight excluding hydrogens is 336 g/mol. The Balaban J connectivity index is 1.49. The van der Waals surface area contributed by atoms with Crippen molar-refractivity contribution in [3.8, 4) is 11.3 Å². The maximum absolute atomic E-state index is 12.7. The molecule has 1 aliphatic heterocycles. The van der Waals surface area contributed by atoms with Crippen molar-refractivity contribution >= 4 is 17.5 Å². The maximum atomic E-state index is 12.7. The first-order valence-corrected chi connectivity index (χ1v) is 9.59. The van der Waals surface area contributed by atoms with Crippen LogP contribution in [0.1, 0.15) is 49.8 Å². The summed E-state index contributed by atoms with van der Waals surface area (Å²) in [5.74, 6) is 1.61. The first kappa shape index (κ1) is 16.6. The molecule has 5 heteroatoms. The van der Waals surface area contributed by atoms with Crippen LogP contribution >= 0.6 is 11.6 Å². The topological polar surface area (TPSA) is 46.3 Å². The van der Waals surface area contributed by atoms with E-state index < -0.39 is 0 Å². The van der Waals surface area contributed by atoms with Crippen LogP contribution in [0, 0.1) is 5.92 Å². The van der Waals surface area contributed by atoms with E-state index in [4.69, 9.17) is 16.1 Å². The van der Waals surface area contributed by atoms with E-state index >= 15 is 0 Å². The zero-order valence-corrected chi connectivity index (χ0v) is 15.1. The molecule has 132 valence electrons. The second-order valence-electron chi connectivity index (χ2n) is 7.22. The molecule has 1 aromatic carbocycles. The van der Waals surface area contributed by atoms with Crippen LogP contribution in [0.15, 0.2) is 28.8 Å². The van der Waals surface area contributed by atoms with Crippen LogP contribution in [-0.4, -0.2) is 22.5 Å². The van der Waals surface area contributed by atoms with E-state index in [2.05, 4.69) is 5.16 Å². The van der Waals surface area contributed by atoms with Gasteiger partial charge in [-0.2, -0.15) is 0 Å². The fourth-order valence-corrected chi connectivity index (χ4v) is 4.15. The maximum Gasteiger partial charge on any atom is 0.223 e. The molecule has 2 aliphatic rings. The summed E-state index contributed by atoms with van der Waals surface area (Å²) in [7, 11) is 0. The summed E-state index contributed by atoms with van der Waals surface area (Å²) in [6.45, 7) is 1.34. The molecule has 1 saturated carbocycles. The fraction of sp³-hybridized carbons (Fsp3) is 0.500. The standard InChI is InChI=1S/C20H23ClN2O2/c21-16-8-6-15(7-9-16)20-17-13-23(11-10-18(17)22-25-20)19(24)12-14-4-2-1-3-5-14/h6-9,14H,1-5,10-13H2. The van der Waals surface area contributed by atoms with Crippen molar-refractivity contribution in [1.29, 1.82) is 0 Å². The largest absolute Gasteiger partial charge is 0.356 e. The van der Waals surface area contributed by atoms with Gasteiger partial charge in [-0.15, -0.1) is 0 Å². The summed E-state index contributed by atoms with van der Waals surface area (Å²) in [5.41, 5.74) is 2.98. The molecule has 25 heavy (non-hydrogen) atoms. The predicted octanol–water partition coefficient (Wildman–Crippen LogP) is 4.85. The number of carbonyl (C=O) groups excluding carboxylic acids is 1. The summed E-state index contributed by atoms with van der Waals surface area (Å²) in [6, 6.07) is 7.57. The van der Waals surface area contributed by atoms with Gasteiger partial charge in [-0.3, -0.25) is 4.79 Å². The van der Waals surface area contributed by atoms with Crippen LogP contribution in [0.25, 0.3) is 11.3 Å². The van der Waals surface area contributed by atoms with Gasteiger partial charge in [0.1, 0.15) is 0 Å². The van der Waals surface area contributed by atoms with Gasteiger partial charge in [-0.1, -0.05) is 36.0 Å². The molecule has 0 atom stereocenters. The van der Waals surface area contributed by atoms with E-state index in [9.17, 15) is 4.79 Å². The third-order valence-corrected chi connectivity index (χ3v) is 5.74. The quantitative estimate of drug-likeness (QED) is 0.787. The molecule has 4 nitrogen and oxygen atoms in total. The van der Waals surface area contributed by atoms with Gasteiger partial charge >= 0.3 is 0 Å². The van der Waals surface area contributed by atoms with Gasteiger partial charge in [-0.05, 0) is 43.0 Å². The third-order valence-electron chi connectivity index (χ3n) is 5.48. The number of hydrogen-bond acceptors (Lipinski definition) is 3. The predicted molar refractivity (Wildman–Crippen MR) is 97.3 cm³/mol. The number of carbonyl (C=O) groups is 1. The molecule has 2 heterocycles. The molecule has 0 unspecified atom stereocenters. The highest BCUT2D eigenvalue weighted by molar-refractivity contribution is 6.30. The molecule has 0 saturated heterocycles. The number of rotatable bonds is 3. The third kappa shape index (κ3) is 3.59. The normalized spacial score (nSPS) is 18.2. The minimum Gasteiger partial charge on any atom is -0.356 e. The van der Waals surface area contributed by atoms with E-state index in [1.807, 2.05) is 29.2 Å². The average Bonchev–Trinajstić information content (AvgIpc) is 3.06. The molecule has 1 fully saturated rings. The molecule has 1 aromatic heterocycles. The molecule has 0 radical (unpaired) electrons. The lowest BCUT2D eigenvalue weighted by Crippen LogP contribution is -2.37. The monoisotopic (exact) mass is 358 g/mol. The van der Waals surface area contributed by atoms with Crippen molar-refractivity contribution in [2.24, 2.45) is 5.92 Å². The highest BCUT2D eigenvalue weighted by atomic mass is 35.5. The lowest BCUT2D eigenvalue weighted by molar-refractivity contribution is -0.133. The van der Waals surface area contributed by atoms with Gasteiger partial charge in [0.2, 0.25) is 5.91 Å². The minimum atomic E-state index is 0.279. The zero-order chi connectivity index (χ0) is 17.2. The second-order valence-corrected chi connectivity index (χ2v) is 7.65. The number of amides is 1. The van der Waals surface area contributed by atoms with Crippen LogP contribution in [-0.2, 0) is 17.8 Å². The summed E-state index contributed by atoms with van der Waals surface area (Å²) < 4.78 is 5.59. The number of halogens is 1. The van der Waals surface area contributed by atoms with Gasteiger partial charge in [0.05, 0.1) is 12.2 Å². The molecule has 4 rings (SSSR count). The van der Waals surface area contributed by atoms with E-state index in [1.165, 1.54) is 32.1 Å². The minimum absolute atomic E-state index is 0.279. The van der Waals surface area contributed by atoms with Crippen molar-refractivity contribution < 1.29 is 9.32 Å². The van der Waals surface area contributed by atoms with Gasteiger partial charge in [0.25, 0.3) is 0 Å². The average molecular weight is 359 g/mol. The second kappa shape index (κ2) is 7.20. The van der Waals surface area contributed by atoms with Crippen molar-refractivity contribution in [2.75, 3.05) is 6.54 Å². The Bertz CT molecular complexity index is 748. The molecule has 0 N–H and O–H groups in total. The van der Waals surface area contributed by atoms with Gasteiger partial charge < -0.3 is 9.42 Å². The van der Waals surface area contributed by atoms with Crippen molar-refractivity contribution in [3.63, 3.8) is 0 Å². The molecule has 1 aliphatic carbocycles. The Morgan fingerprint density at radius 1 is 1.20 bits per heavy atom. The molecule has 2 aromatic rings. The molecule has 0 bridgehead atoms. The number of aromatic nitrogens is 1. The number of hydrogen-bond donors (Lipinski definition) is 0. The molecular formula is C20H23ClN2O2. The van der Waals surface area contributed by atoms with E-state index in [0.717, 1.165) is 35.5 Å². The highest BCUT2D eigenvalue weighted by Gasteiger charge is 2.28. The number of nitrogens with zero attached hydrogens (tertiary/aromatic N) is 2. The first-order chi connectivity index (χ1) is 12.2. The zero-order valence-electron chi connectivity index (χ0n) is 14.3. The van der Waals surface area contributed by atoms with Crippen LogP contribution < -0.4 is 0 Å². The first-order valence-electron chi connectivity index (χ1n) is 9.22. The van der Waals surface area contributed by atoms with Gasteiger partial charge in [0.15, 0.2) is 5.76 Å². The van der Waals surface area contributed by atoms with E-state index in [-0.39, 0.29) is 5.91 Å². The van der Waals surface area contributed by atoms with Crippen LogP contribution in [0.5, 0.6) is 0 Å². The Morgan fingerprint density at radius 3 is 2.72 bits per heavy atom. The molecule has 0 spiro atoms. The fourth-order valence-electron chi connectivity index (χ4n) is 4.02. The van der Waals surface area contributed by atoms with Crippen LogP contribution in [0.3, 0.4) is 0 Å². The molecule has 1 amide bonds. The lowest BCUT2D eigenvalue weighted by Gasteiger charge is -2.29. The van der Waals surface area contributed by atoms with Gasteiger partial charge in [0, 0.05) is 35.5 Å².